The lowest BCUT2D eigenvalue weighted by atomic mass is 10.1. The summed E-state index contributed by atoms with van der Waals surface area (Å²) < 4.78 is 38.2. The number of nitrogens with zero attached hydrogens (tertiary/aromatic N) is 2. The molecule has 0 radical (unpaired) electrons. The van der Waals surface area contributed by atoms with Crippen molar-refractivity contribution in [3.63, 3.8) is 0 Å². The summed E-state index contributed by atoms with van der Waals surface area (Å²) in [5.74, 6) is 0. The van der Waals surface area contributed by atoms with Crippen molar-refractivity contribution in [1.82, 2.24) is 9.80 Å². The van der Waals surface area contributed by atoms with Crippen molar-refractivity contribution in [2.24, 2.45) is 0 Å². The average Bonchev–Trinajstić information content (AvgIpc) is 2.33. The van der Waals surface area contributed by atoms with Gasteiger partial charge in [0.15, 0.2) is 0 Å². The highest BCUT2D eigenvalue weighted by molar-refractivity contribution is 9.10. The molecule has 19 heavy (non-hydrogen) atoms. The fourth-order valence-electron chi connectivity index (χ4n) is 2.10. The summed E-state index contributed by atoms with van der Waals surface area (Å²) >= 11 is 3.24. The molecule has 0 aromatic heterocycles. The van der Waals surface area contributed by atoms with Crippen LogP contribution in [-0.4, -0.2) is 43.0 Å². The van der Waals surface area contributed by atoms with Gasteiger partial charge in [-0.25, -0.2) is 0 Å². The predicted molar refractivity (Wildman–Crippen MR) is 71.9 cm³/mol. The molecule has 0 atom stereocenters. The number of halogens is 4. The predicted octanol–water partition coefficient (Wildman–Crippen LogP) is 3.22. The number of hydrogen-bond donors (Lipinski definition) is 0. The molecule has 6 heteroatoms. The van der Waals surface area contributed by atoms with E-state index in [1.165, 1.54) is 0 Å². The number of alkyl halides is 3. The summed E-state index contributed by atoms with van der Waals surface area (Å²) in [6.45, 7) is 4.58. The van der Waals surface area contributed by atoms with Crippen LogP contribution < -0.4 is 0 Å². The molecule has 1 saturated heterocycles. The van der Waals surface area contributed by atoms with Gasteiger partial charge in [-0.05, 0) is 24.7 Å². The maximum absolute atomic E-state index is 12.6. The molecule has 1 aromatic rings. The third kappa shape index (κ3) is 3.94. The summed E-state index contributed by atoms with van der Waals surface area (Å²) in [5, 5.41) is 0. The maximum atomic E-state index is 12.6. The van der Waals surface area contributed by atoms with Crippen LogP contribution in [0.3, 0.4) is 0 Å². The first-order valence-corrected chi connectivity index (χ1v) is 6.92. The van der Waals surface area contributed by atoms with E-state index < -0.39 is 11.7 Å². The Balaban J connectivity index is 2.05. The minimum atomic E-state index is -4.28. The quantitative estimate of drug-likeness (QED) is 0.818. The van der Waals surface area contributed by atoms with E-state index >= 15 is 0 Å². The highest BCUT2D eigenvalue weighted by atomic mass is 79.9. The Bertz CT molecular complexity index is 440. The number of piperazine rings is 1. The second-order valence-electron chi connectivity index (χ2n) is 4.88. The molecule has 1 aliphatic rings. The molecule has 0 saturated carbocycles. The lowest BCUT2D eigenvalue weighted by molar-refractivity contribution is -0.137. The van der Waals surface area contributed by atoms with Crippen molar-refractivity contribution in [2.45, 2.75) is 12.7 Å². The lowest BCUT2D eigenvalue weighted by Gasteiger charge is -2.32. The zero-order valence-corrected chi connectivity index (χ0v) is 12.3. The van der Waals surface area contributed by atoms with Gasteiger partial charge < -0.3 is 4.90 Å². The zero-order valence-electron chi connectivity index (χ0n) is 10.7. The Morgan fingerprint density at radius 1 is 1.16 bits per heavy atom. The molecule has 0 N–H and O–H groups in total. The van der Waals surface area contributed by atoms with Gasteiger partial charge in [-0.2, -0.15) is 13.2 Å². The lowest BCUT2D eigenvalue weighted by Crippen LogP contribution is -2.43. The first kappa shape index (κ1) is 14.8. The van der Waals surface area contributed by atoms with Crippen molar-refractivity contribution in [3.05, 3.63) is 33.8 Å². The van der Waals surface area contributed by atoms with Crippen LogP contribution in [-0.2, 0) is 12.7 Å². The molecule has 1 aliphatic heterocycles. The van der Waals surface area contributed by atoms with Crippen LogP contribution in [0.4, 0.5) is 13.2 Å². The first-order chi connectivity index (χ1) is 8.86. The summed E-state index contributed by atoms with van der Waals surface area (Å²) in [6.07, 6.45) is -4.28. The van der Waals surface area contributed by atoms with Gasteiger partial charge in [-0.1, -0.05) is 22.0 Å². The minimum Gasteiger partial charge on any atom is -0.304 e. The van der Waals surface area contributed by atoms with Crippen molar-refractivity contribution in [3.8, 4) is 0 Å². The van der Waals surface area contributed by atoms with Crippen LogP contribution >= 0.6 is 15.9 Å². The van der Waals surface area contributed by atoms with Gasteiger partial charge in [0.25, 0.3) is 0 Å². The molecule has 106 valence electrons. The van der Waals surface area contributed by atoms with Gasteiger partial charge in [0.2, 0.25) is 0 Å². The van der Waals surface area contributed by atoms with E-state index in [9.17, 15) is 13.2 Å². The normalized spacial score (nSPS) is 18.8. The Labute approximate surface area is 119 Å². The Morgan fingerprint density at radius 2 is 1.79 bits per heavy atom. The van der Waals surface area contributed by atoms with Crippen LogP contribution in [0.15, 0.2) is 22.7 Å². The molecule has 2 rings (SSSR count). The summed E-state index contributed by atoms with van der Waals surface area (Å²) in [4.78, 5) is 4.51. The molecule has 1 aromatic carbocycles. The molecule has 0 amide bonds. The molecule has 1 fully saturated rings. The van der Waals surface area contributed by atoms with Crippen LogP contribution in [0.2, 0.25) is 0 Å². The number of hydrogen-bond acceptors (Lipinski definition) is 2. The largest absolute Gasteiger partial charge is 0.416 e. The van der Waals surface area contributed by atoms with Crippen molar-refractivity contribution in [2.75, 3.05) is 33.2 Å². The van der Waals surface area contributed by atoms with Crippen LogP contribution in [0.5, 0.6) is 0 Å². The van der Waals surface area contributed by atoms with Crippen LogP contribution in [0.25, 0.3) is 0 Å². The van der Waals surface area contributed by atoms with Gasteiger partial charge >= 0.3 is 6.18 Å². The van der Waals surface area contributed by atoms with Crippen LogP contribution in [0.1, 0.15) is 11.1 Å². The summed E-state index contributed by atoms with van der Waals surface area (Å²) in [7, 11) is 2.07. The van der Waals surface area contributed by atoms with E-state index in [1.54, 1.807) is 6.07 Å². The first-order valence-electron chi connectivity index (χ1n) is 6.13. The van der Waals surface area contributed by atoms with Gasteiger partial charge in [0.1, 0.15) is 0 Å². The van der Waals surface area contributed by atoms with E-state index in [0.29, 0.717) is 11.0 Å². The third-order valence-corrected chi connectivity index (χ3v) is 4.11. The van der Waals surface area contributed by atoms with Crippen LogP contribution in [0, 0.1) is 0 Å². The second kappa shape index (κ2) is 5.81. The second-order valence-corrected chi connectivity index (χ2v) is 5.74. The van der Waals surface area contributed by atoms with Gasteiger partial charge in [-0.15, -0.1) is 0 Å². The molecule has 1 heterocycles. The SMILES string of the molecule is CN1CCN(Cc2ccc(C(F)(F)F)cc2Br)CC1. The van der Waals surface area contributed by atoms with Crippen molar-refractivity contribution in [1.29, 1.82) is 0 Å². The Morgan fingerprint density at radius 3 is 2.32 bits per heavy atom. The Hall–Kier alpha value is -0.590. The highest BCUT2D eigenvalue weighted by Crippen LogP contribution is 2.32. The van der Waals surface area contributed by atoms with Crippen molar-refractivity contribution < 1.29 is 13.2 Å². The van der Waals surface area contributed by atoms with E-state index in [-0.39, 0.29) is 0 Å². The van der Waals surface area contributed by atoms with Crippen molar-refractivity contribution >= 4 is 15.9 Å². The van der Waals surface area contributed by atoms with E-state index in [2.05, 4.69) is 32.8 Å². The topological polar surface area (TPSA) is 6.48 Å². The molecule has 0 aliphatic carbocycles. The fraction of sp³-hybridized carbons (Fsp3) is 0.538. The molecule has 0 bridgehead atoms. The smallest absolute Gasteiger partial charge is 0.304 e. The van der Waals surface area contributed by atoms with Gasteiger partial charge in [-0.3, -0.25) is 4.90 Å². The standard InChI is InChI=1S/C13H16BrF3N2/c1-18-4-6-19(7-5-18)9-10-2-3-11(8-12(10)14)13(15,16)17/h2-3,8H,4-7,9H2,1H3. The molecule has 2 nitrogen and oxygen atoms in total. The number of rotatable bonds is 2. The third-order valence-electron chi connectivity index (χ3n) is 3.37. The molecular formula is C13H16BrF3N2. The zero-order chi connectivity index (χ0) is 14.0. The number of likely N-dealkylation sites (N-methyl/N-ethyl adjacent to an activating group) is 1. The highest BCUT2D eigenvalue weighted by Gasteiger charge is 2.30. The summed E-state index contributed by atoms with van der Waals surface area (Å²) in [6, 6.07) is 3.87. The molecule has 0 unspecified atom stereocenters. The van der Waals surface area contributed by atoms with E-state index in [0.717, 1.165) is 43.9 Å². The monoisotopic (exact) mass is 336 g/mol. The van der Waals surface area contributed by atoms with Gasteiger partial charge in [0, 0.05) is 37.2 Å². The maximum Gasteiger partial charge on any atom is 0.416 e. The Kier molecular flexibility index (Phi) is 4.53. The fourth-order valence-corrected chi connectivity index (χ4v) is 2.60. The average molecular weight is 337 g/mol. The minimum absolute atomic E-state index is 0.529. The molecular weight excluding hydrogens is 321 g/mol. The summed E-state index contributed by atoms with van der Waals surface area (Å²) in [5.41, 5.74) is 0.291. The number of benzene rings is 1. The van der Waals surface area contributed by atoms with Gasteiger partial charge in [0.05, 0.1) is 5.56 Å². The van der Waals surface area contributed by atoms with E-state index in [1.807, 2.05) is 0 Å². The molecule has 0 spiro atoms. The van der Waals surface area contributed by atoms with E-state index in [4.69, 9.17) is 0 Å².